The van der Waals surface area contributed by atoms with Crippen LogP contribution in [0.5, 0.6) is 0 Å². The van der Waals surface area contributed by atoms with Crippen molar-refractivity contribution in [2.45, 2.75) is 19.4 Å². The van der Waals surface area contributed by atoms with E-state index in [2.05, 4.69) is 40.8 Å². The SMILES string of the molecule is Cc1cccc(CC(N)c2cnns2)c1. The molecule has 2 rings (SSSR count). The van der Waals surface area contributed by atoms with Crippen molar-refractivity contribution in [3.8, 4) is 0 Å². The van der Waals surface area contributed by atoms with E-state index in [1.54, 1.807) is 6.20 Å². The molecule has 3 nitrogen and oxygen atoms in total. The molecule has 0 fully saturated rings. The number of hydrogen-bond donors (Lipinski definition) is 1. The van der Waals surface area contributed by atoms with Gasteiger partial charge in [-0.05, 0) is 30.4 Å². The summed E-state index contributed by atoms with van der Waals surface area (Å²) in [6.07, 6.45) is 2.58. The van der Waals surface area contributed by atoms with E-state index >= 15 is 0 Å². The molecule has 0 saturated carbocycles. The lowest BCUT2D eigenvalue weighted by Crippen LogP contribution is -2.11. The van der Waals surface area contributed by atoms with Crippen molar-refractivity contribution in [3.63, 3.8) is 0 Å². The first kappa shape index (κ1) is 10.3. The van der Waals surface area contributed by atoms with E-state index in [1.807, 2.05) is 0 Å². The van der Waals surface area contributed by atoms with Crippen LogP contribution in [0.15, 0.2) is 30.5 Å². The van der Waals surface area contributed by atoms with Crippen molar-refractivity contribution >= 4 is 11.5 Å². The minimum Gasteiger partial charge on any atom is -0.323 e. The third kappa shape index (κ3) is 2.61. The summed E-state index contributed by atoms with van der Waals surface area (Å²) in [6.45, 7) is 2.09. The van der Waals surface area contributed by atoms with Crippen molar-refractivity contribution in [1.82, 2.24) is 9.59 Å². The second-order valence-corrected chi connectivity index (χ2v) is 4.44. The lowest BCUT2D eigenvalue weighted by molar-refractivity contribution is 0.734. The first-order chi connectivity index (χ1) is 7.25. The zero-order valence-electron chi connectivity index (χ0n) is 8.55. The summed E-state index contributed by atoms with van der Waals surface area (Å²) < 4.78 is 3.81. The molecule has 0 bridgehead atoms. The van der Waals surface area contributed by atoms with Crippen LogP contribution in [0.2, 0.25) is 0 Å². The normalized spacial score (nSPS) is 12.7. The van der Waals surface area contributed by atoms with Gasteiger partial charge in [-0.3, -0.25) is 0 Å². The van der Waals surface area contributed by atoms with Crippen molar-refractivity contribution in [2.24, 2.45) is 5.73 Å². The van der Waals surface area contributed by atoms with Gasteiger partial charge in [0, 0.05) is 6.04 Å². The largest absolute Gasteiger partial charge is 0.323 e. The monoisotopic (exact) mass is 219 g/mol. The molecule has 1 atom stereocenters. The van der Waals surface area contributed by atoms with Crippen LogP contribution in [0, 0.1) is 6.92 Å². The molecule has 0 radical (unpaired) electrons. The van der Waals surface area contributed by atoms with E-state index in [0.29, 0.717) is 0 Å². The number of nitrogens with zero attached hydrogens (tertiary/aromatic N) is 2. The number of benzene rings is 1. The van der Waals surface area contributed by atoms with Crippen LogP contribution < -0.4 is 5.73 Å². The lowest BCUT2D eigenvalue weighted by atomic mass is 10.0. The van der Waals surface area contributed by atoms with E-state index in [1.165, 1.54) is 22.7 Å². The molecule has 0 aliphatic rings. The highest BCUT2D eigenvalue weighted by Gasteiger charge is 2.09. The number of aromatic nitrogens is 2. The van der Waals surface area contributed by atoms with E-state index < -0.39 is 0 Å². The van der Waals surface area contributed by atoms with Crippen molar-refractivity contribution in [1.29, 1.82) is 0 Å². The number of nitrogens with two attached hydrogens (primary N) is 1. The Hall–Kier alpha value is -1.26. The molecule has 0 amide bonds. The summed E-state index contributed by atoms with van der Waals surface area (Å²) in [5.41, 5.74) is 8.58. The Balaban J connectivity index is 2.09. The molecule has 2 N–H and O–H groups in total. The van der Waals surface area contributed by atoms with E-state index in [-0.39, 0.29) is 6.04 Å². The molecule has 1 aromatic heterocycles. The van der Waals surface area contributed by atoms with Crippen LogP contribution in [-0.2, 0) is 6.42 Å². The maximum atomic E-state index is 6.05. The molecule has 0 spiro atoms. The molecule has 1 aromatic carbocycles. The fourth-order valence-electron chi connectivity index (χ4n) is 1.53. The average molecular weight is 219 g/mol. The van der Waals surface area contributed by atoms with Gasteiger partial charge in [-0.2, -0.15) is 0 Å². The minimum absolute atomic E-state index is 0.00630. The van der Waals surface area contributed by atoms with E-state index in [0.717, 1.165) is 11.3 Å². The summed E-state index contributed by atoms with van der Waals surface area (Å²) >= 11 is 1.37. The molecule has 2 aromatic rings. The Labute approximate surface area is 93.1 Å². The van der Waals surface area contributed by atoms with Gasteiger partial charge in [-0.25, -0.2) is 0 Å². The quantitative estimate of drug-likeness (QED) is 0.860. The smallest absolute Gasteiger partial charge is 0.0669 e. The Morgan fingerprint density at radius 1 is 1.47 bits per heavy atom. The van der Waals surface area contributed by atoms with Gasteiger partial charge in [0.1, 0.15) is 0 Å². The van der Waals surface area contributed by atoms with Gasteiger partial charge in [0.2, 0.25) is 0 Å². The third-order valence-corrected chi connectivity index (χ3v) is 3.08. The Bertz CT molecular complexity index is 425. The Morgan fingerprint density at radius 2 is 2.33 bits per heavy atom. The number of aryl methyl sites for hydroxylation is 1. The second kappa shape index (κ2) is 4.51. The van der Waals surface area contributed by atoms with Crippen LogP contribution in [-0.4, -0.2) is 9.59 Å². The second-order valence-electron chi connectivity index (χ2n) is 3.62. The highest BCUT2D eigenvalue weighted by Crippen LogP contribution is 2.18. The molecular formula is C11H13N3S. The zero-order valence-corrected chi connectivity index (χ0v) is 9.37. The Morgan fingerprint density at radius 3 is 3.00 bits per heavy atom. The summed E-state index contributed by atoms with van der Waals surface area (Å²) in [5.74, 6) is 0. The third-order valence-electron chi connectivity index (χ3n) is 2.28. The zero-order chi connectivity index (χ0) is 10.7. The summed E-state index contributed by atoms with van der Waals surface area (Å²) in [6, 6.07) is 8.41. The minimum atomic E-state index is 0.00630. The maximum absolute atomic E-state index is 6.05. The van der Waals surface area contributed by atoms with E-state index in [4.69, 9.17) is 5.73 Å². The average Bonchev–Trinajstić information content (AvgIpc) is 2.70. The van der Waals surface area contributed by atoms with Crippen LogP contribution in [0.1, 0.15) is 22.0 Å². The maximum Gasteiger partial charge on any atom is 0.0669 e. The topological polar surface area (TPSA) is 51.8 Å². The molecule has 4 heteroatoms. The molecule has 15 heavy (non-hydrogen) atoms. The van der Waals surface area contributed by atoms with E-state index in [9.17, 15) is 0 Å². The highest BCUT2D eigenvalue weighted by molar-refractivity contribution is 7.05. The van der Waals surface area contributed by atoms with Gasteiger partial charge in [-0.15, -0.1) is 5.10 Å². The van der Waals surface area contributed by atoms with Gasteiger partial charge in [0.25, 0.3) is 0 Å². The summed E-state index contributed by atoms with van der Waals surface area (Å²) in [4.78, 5) is 1.04. The van der Waals surface area contributed by atoms with Crippen molar-refractivity contribution < 1.29 is 0 Å². The predicted molar refractivity (Wildman–Crippen MR) is 61.7 cm³/mol. The molecule has 0 saturated heterocycles. The number of rotatable bonds is 3. The molecule has 1 heterocycles. The molecule has 1 unspecified atom stereocenters. The molecule has 0 aliphatic carbocycles. The van der Waals surface area contributed by atoms with Crippen molar-refractivity contribution in [2.75, 3.05) is 0 Å². The fourth-order valence-corrected chi connectivity index (χ4v) is 2.03. The van der Waals surface area contributed by atoms with Crippen LogP contribution in [0.25, 0.3) is 0 Å². The molecule has 0 aliphatic heterocycles. The first-order valence-electron chi connectivity index (χ1n) is 4.84. The van der Waals surface area contributed by atoms with Gasteiger partial charge in [0.05, 0.1) is 11.1 Å². The number of hydrogen-bond acceptors (Lipinski definition) is 4. The Kier molecular flexibility index (Phi) is 3.08. The van der Waals surface area contributed by atoms with Gasteiger partial charge < -0.3 is 5.73 Å². The van der Waals surface area contributed by atoms with Crippen LogP contribution in [0.3, 0.4) is 0 Å². The van der Waals surface area contributed by atoms with Gasteiger partial charge in [0.15, 0.2) is 0 Å². The first-order valence-corrected chi connectivity index (χ1v) is 5.61. The highest BCUT2D eigenvalue weighted by atomic mass is 32.1. The van der Waals surface area contributed by atoms with Gasteiger partial charge >= 0.3 is 0 Å². The van der Waals surface area contributed by atoms with Crippen LogP contribution >= 0.6 is 11.5 Å². The summed E-state index contributed by atoms with van der Waals surface area (Å²) in [5, 5.41) is 3.79. The fraction of sp³-hybridized carbons (Fsp3) is 0.273. The standard InChI is InChI=1S/C11H13N3S/c1-8-3-2-4-9(5-8)6-10(12)11-7-13-14-15-11/h2-5,7,10H,6,12H2,1H3. The van der Waals surface area contributed by atoms with Crippen LogP contribution in [0.4, 0.5) is 0 Å². The predicted octanol–water partition coefficient (Wildman–Crippen LogP) is 2.09. The van der Waals surface area contributed by atoms with Crippen molar-refractivity contribution in [3.05, 3.63) is 46.5 Å². The van der Waals surface area contributed by atoms with Gasteiger partial charge in [-0.1, -0.05) is 34.3 Å². The molecular weight excluding hydrogens is 206 g/mol. The lowest BCUT2D eigenvalue weighted by Gasteiger charge is -2.08. The molecule has 78 valence electrons. The summed E-state index contributed by atoms with van der Waals surface area (Å²) in [7, 11) is 0.